The zero-order valence-corrected chi connectivity index (χ0v) is 16.1. The maximum atomic E-state index is 12.4. The molecule has 0 radical (unpaired) electrons. The van der Waals surface area contributed by atoms with Crippen LogP contribution in [0, 0.1) is 0 Å². The van der Waals surface area contributed by atoms with Gasteiger partial charge >= 0.3 is 6.03 Å². The van der Waals surface area contributed by atoms with Crippen molar-refractivity contribution in [2.75, 3.05) is 43.9 Å². The summed E-state index contributed by atoms with van der Waals surface area (Å²) in [5, 5.41) is 5.75. The second-order valence-corrected chi connectivity index (χ2v) is 6.99. The number of nitrogens with one attached hydrogen (secondary N) is 2. The second-order valence-electron chi connectivity index (χ2n) is 6.99. The molecule has 1 aromatic rings. The summed E-state index contributed by atoms with van der Waals surface area (Å²) in [5.74, 6) is -0.00876. The predicted molar refractivity (Wildman–Crippen MR) is 107 cm³/mol. The molecular formula is C20H32N4O2. The van der Waals surface area contributed by atoms with E-state index in [0.29, 0.717) is 24.3 Å². The average Bonchev–Trinajstić information content (AvgIpc) is 2.89. The fourth-order valence-corrected chi connectivity index (χ4v) is 3.10. The molecule has 0 spiro atoms. The minimum absolute atomic E-state index is 0.00876. The summed E-state index contributed by atoms with van der Waals surface area (Å²) >= 11 is 0. The number of hydrogen-bond acceptors (Lipinski definition) is 3. The van der Waals surface area contributed by atoms with Crippen LogP contribution in [0.1, 0.15) is 45.4 Å². The van der Waals surface area contributed by atoms with Gasteiger partial charge in [-0.2, -0.15) is 0 Å². The van der Waals surface area contributed by atoms with Crippen molar-refractivity contribution in [1.82, 2.24) is 9.80 Å². The van der Waals surface area contributed by atoms with Gasteiger partial charge < -0.3 is 20.4 Å². The lowest BCUT2D eigenvalue weighted by molar-refractivity contribution is -0.116. The number of nitrogens with zero attached hydrogens (tertiary/aromatic N) is 2. The van der Waals surface area contributed by atoms with Gasteiger partial charge in [-0.25, -0.2) is 4.79 Å². The summed E-state index contributed by atoms with van der Waals surface area (Å²) < 4.78 is 0. The summed E-state index contributed by atoms with van der Waals surface area (Å²) in [6, 6.07) is 7.14. The Labute approximate surface area is 156 Å². The third-order valence-corrected chi connectivity index (χ3v) is 4.67. The standard InChI is InChI=1S/C20H32N4O2/c1-3-9-19(25)21-17-10-8-11-18(16-17)22-20(26)23(2)14-15-24-12-6-4-5-7-13-24/h8,10-11,16H,3-7,9,12-15H2,1-2H3,(H,21,25)(H,22,26). The zero-order chi connectivity index (χ0) is 18.8. The third kappa shape index (κ3) is 7.04. The van der Waals surface area contributed by atoms with Crippen molar-refractivity contribution in [3.8, 4) is 0 Å². The molecule has 1 aliphatic rings. The molecule has 6 nitrogen and oxygen atoms in total. The first-order chi connectivity index (χ1) is 12.6. The molecule has 1 aliphatic heterocycles. The molecule has 0 aliphatic carbocycles. The first kappa shape index (κ1) is 20.2. The Balaban J connectivity index is 1.81. The number of rotatable bonds is 7. The van der Waals surface area contributed by atoms with E-state index in [0.717, 1.165) is 26.1 Å². The van der Waals surface area contributed by atoms with E-state index < -0.39 is 0 Å². The molecule has 1 saturated heterocycles. The van der Waals surface area contributed by atoms with Gasteiger partial charge in [0.25, 0.3) is 0 Å². The molecule has 0 unspecified atom stereocenters. The van der Waals surface area contributed by atoms with Crippen molar-refractivity contribution in [2.45, 2.75) is 45.4 Å². The lowest BCUT2D eigenvalue weighted by atomic mass is 10.2. The van der Waals surface area contributed by atoms with Gasteiger partial charge in [-0.15, -0.1) is 0 Å². The van der Waals surface area contributed by atoms with Crippen LogP contribution in [0.4, 0.5) is 16.2 Å². The van der Waals surface area contributed by atoms with E-state index in [2.05, 4.69) is 15.5 Å². The summed E-state index contributed by atoms with van der Waals surface area (Å²) in [6.07, 6.45) is 6.45. The summed E-state index contributed by atoms with van der Waals surface area (Å²) in [5.41, 5.74) is 1.39. The van der Waals surface area contributed by atoms with E-state index in [1.165, 1.54) is 25.7 Å². The van der Waals surface area contributed by atoms with E-state index in [9.17, 15) is 9.59 Å². The van der Waals surface area contributed by atoms with Crippen LogP contribution in [0.5, 0.6) is 0 Å². The number of urea groups is 1. The molecular weight excluding hydrogens is 328 g/mol. The SMILES string of the molecule is CCCC(=O)Nc1cccc(NC(=O)N(C)CCN2CCCCCC2)c1. The highest BCUT2D eigenvalue weighted by Gasteiger charge is 2.13. The zero-order valence-electron chi connectivity index (χ0n) is 16.1. The third-order valence-electron chi connectivity index (χ3n) is 4.67. The van der Waals surface area contributed by atoms with Gasteiger partial charge in [0.1, 0.15) is 0 Å². The fraction of sp³-hybridized carbons (Fsp3) is 0.600. The largest absolute Gasteiger partial charge is 0.326 e. The molecule has 1 heterocycles. The smallest absolute Gasteiger partial charge is 0.321 e. The number of benzene rings is 1. The van der Waals surface area contributed by atoms with E-state index in [1.807, 2.05) is 32.2 Å². The first-order valence-electron chi connectivity index (χ1n) is 9.73. The number of carbonyl (C=O) groups is 2. The van der Waals surface area contributed by atoms with E-state index >= 15 is 0 Å². The lowest BCUT2D eigenvalue weighted by Gasteiger charge is -2.24. The Bertz CT molecular complexity index is 583. The Hall–Kier alpha value is -2.08. The predicted octanol–water partition coefficient (Wildman–Crippen LogP) is 3.76. The Morgan fingerprint density at radius 3 is 2.38 bits per heavy atom. The number of carbonyl (C=O) groups excluding carboxylic acids is 2. The van der Waals surface area contributed by atoms with E-state index in [-0.39, 0.29) is 11.9 Å². The molecule has 3 amide bonds. The molecule has 0 saturated carbocycles. The summed E-state index contributed by atoms with van der Waals surface area (Å²) in [7, 11) is 1.82. The highest BCUT2D eigenvalue weighted by Crippen LogP contribution is 2.16. The van der Waals surface area contributed by atoms with Crippen LogP contribution in [0.2, 0.25) is 0 Å². The first-order valence-corrected chi connectivity index (χ1v) is 9.73. The van der Waals surface area contributed by atoms with Gasteiger partial charge in [0.05, 0.1) is 0 Å². The van der Waals surface area contributed by atoms with Crippen LogP contribution in [0.25, 0.3) is 0 Å². The van der Waals surface area contributed by atoms with Crippen LogP contribution in [0.15, 0.2) is 24.3 Å². The van der Waals surface area contributed by atoms with Gasteiger partial charge in [0, 0.05) is 37.9 Å². The van der Waals surface area contributed by atoms with Crippen molar-refractivity contribution in [3.63, 3.8) is 0 Å². The Kier molecular flexibility index (Phi) is 8.41. The Morgan fingerprint density at radius 2 is 1.73 bits per heavy atom. The molecule has 0 bridgehead atoms. The Morgan fingerprint density at radius 1 is 1.08 bits per heavy atom. The van der Waals surface area contributed by atoms with Crippen molar-refractivity contribution in [3.05, 3.63) is 24.3 Å². The van der Waals surface area contributed by atoms with E-state index in [4.69, 9.17) is 0 Å². The highest BCUT2D eigenvalue weighted by atomic mass is 16.2. The second kappa shape index (κ2) is 10.8. The fourth-order valence-electron chi connectivity index (χ4n) is 3.10. The number of hydrogen-bond donors (Lipinski definition) is 2. The van der Waals surface area contributed by atoms with Crippen LogP contribution >= 0.6 is 0 Å². The minimum Gasteiger partial charge on any atom is -0.326 e. The van der Waals surface area contributed by atoms with Gasteiger partial charge in [0.15, 0.2) is 0 Å². The van der Waals surface area contributed by atoms with Crippen molar-refractivity contribution in [2.24, 2.45) is 0 Å². The molecule has 2 N–H and O–H groups in total. The number of likely N-dealkylation sites (N-methyl/N-ethyl adjacent to an activating group) is 1. The molecule has 144 valence electrons. The number of amides is 3. The molecule has 1 aromatic carbocycles. The van der Waals surface area contributed by atoms with Crippen molar-refractivity contribution in [1.29, 1.82) is 0 Å². The quantitative estimate of drug-likeness (QED) is 0.778. The lowest BCUT2D eigenvalue weighted by Crippen LogP contribution is -2.38. The maximum absolute atomic E-state index is 12.4. The average molecular weight is 361 g/mol. The summed E-state index contributed by atoms with van der Waals surface area (Å²) in [4.78, 5) is 28.3. The van der Waals surface area contributed by atoms with Gasteiger partial charge in [-0.05, 0) is 50.6 Å². The number of anilines is 2. The normalized spacial score (nSPS) is 15.2. The molecule has 0 aromatic heterocycles. The molecule has 6 heteroatoms. The maximum Gasteiger partial charge on any atom is 0.321 e. The summed E-state index contributed by atoms with van der Waals surface area (Å²) in [6.45, 7) is 5.86. The van der Waals surface area contributed by atoms with Gasteiger partial charge in [-0.1, -0.05) is 25.8 Å². The van der Waals surface area contributed by atoms with Gasteiger partial charge in [0.2, 0.25) is 5.91 Å². The van der Waals surface area contributed by atoms with Crippen LogP contribution in [-0.2, 0) is 4.79 Å². The topological polar surface area (TPSA) is 64.7 Å². The molecule has 1 fully saturated rings. The molecule has 26 heavy (non-hydrogen) atoms. The monoisotopic (exact) mass is 360 g/mol. The molecule has 2 rings (SSSR count). The van der Waals surface area contributed by atoms with Crippen LogP contribution < -0.4 is 10.6 Å². The van der Waals surface area contributed by atoms with Gasteiger partial charge in [-0.3, -0.25) is 4.79 Å². The van der Waals surface area contributed by atoms with Crippen LogP contribution in [0.3, 0.4) is 0 Å². The van der Waals surface area contributed by atoms with Crippen molar-refractivity contribution < 1.29 is 9.59 Å². The van der Waals surface area contributed by atoms with E-state index in [1.54, 1.807) is 11.0 Å². The van der Waals surface area contributed by atoms with Crippen LogP contribution in [-0.4, -0.2) is 55.0 Å². The minimum atomic E-state index is -0.128. The molecule has 0 atom stereocenters. The van der Waals surface area contributed by atoms with Crippen molar-refractivity contribution >= 4 is 23.3 Å². The number of likely N-dealkylation sites (tertiary alicyclic amines) is 1. The highest BCUT2D eigenvalue weighted by molar-refractivity contribution is 5.93.